The number of para-hydroxylation sites is 1. The molecule has 3 rings (SSSR count). The van der Waals surface area contributed by atoms with Crippen molar-refractivity contribution in [2.75, 3.05) is 13.1 Å². The quantitative estimate of drug-likeness (QED) is 0.801. The van der Waals surface area contributed by atoms with Gasteiger partial charge in [0, 0.05) is 5.92 Å². The normalized spacial score (nSPS) is 17.2. The summed E-state index contributed by atoms with van der Waals surface area (Å²) in [5.41, 5.74) is 1.89. The highest BCUT2D eigenvalue weighted by molar-refractivity contribution is 5.80. The van der Waals surface area contributed by atoms with Gasteiger partial charge in [0.1, 0.15) is 5.82 Å². The van der Waals surface area contributed by atoms with Crippen LogP contribution in [0.5, 0.6) is 0 Å². The van der Waals surface area contributed by atoms with Gasteiger partial charge in [-0.2, -0.15) is 0 Å². The topological polar surface area (TPSA) is 57.8 Å². The van der Waals surface area contributed by atoms with E-state index in [2.05, 4.69) is 15.3 Å². The van der Waals surface area contributed by atoms with Crippen molar-refractivity contribution in [3.8, 4) is 0 Å². The second-order valence-corrected chi connectivity index (χ2v) is 4.95. The van der Waals surface area contributed by atoms with Crippen LogP contribution in [0, 0.1) is 6.92 Å². The van der Waals surface area contributed by atoms with Gasteiger partial charge in [-0.1, -0.05) is 12.1 Å². The minimum atomic E-state index is -0.0165. The summed E-state index contributed by atoms with van der Waals surface area (Å²) in [6.45, 7) is 4.00. The van der Waals surface area contributed by atoms with Gasteiger partial charge >= 0.3 is 0 Å². The molecule has 0 radical (unpaired) electrons. The van der Waals surface area contributed by atoms with E-state index in [1.54, 1.807) is 0 Å². The molecule has 1 saturated heterocycles. The summed E-state index contributed by atoms with van der Waals surface area (Å²) in [4.78, 5) is 19.7. The maximum absolute atomic E-state index is 12.1. The Morgan fingerprint density at radius 3 is 2.83 bits per heavy atom. The van der Waals surface area contributed by atoms with Gasteiger partial charge < -0.3 is 10.3 Å². The van der Waals surface area contributed by atoms with E-state index in [0.29, 0.717) is 11.3 Å². The van der Waals surface area contributed by atoms with Crippen molar-refractivity contribution in [3.05, 3.63) is 39.9 Å². The Morgan fingerprint density at radius 1 is 1.28 bits per heavy atom. The molecule has 1 fully saturated rings. The molecular formula is C14H17N3O. The largest absolute Gasteiger partial charge is 0.317 e. The fraction of sp³-hybridized carbons (Fsp3) is 0.429. The first kappa shape index (κ1) is 11.4. The number of aryl methyl sites for hydroxylation is 1. The molecule has 1 aliphatic heterocycles. The van der Waals surface area contributed by atoms with E-state index < -0.39 is 0 Å². The van der Waals surface area contributed by atoms with Crippen molar-refractivity contribution in [2.24, 2.45) is 0 Å². The van der Waals surface area contributed by atoms with Gasteiger partial charge in [-0.25, -0.2) is 4.98 Å². The molecule has 1 aliphatic rings. The second kappa shape index (κ2) is 4.53. The third-order valence-corrected chi connectivity index (χ3v) is 3.68. The maximum atomic E-state index is 12.1. The molecule has 18 heavy (non-hydrogen) atoms. The molecule has 1 aromatic heterocycles. The smallest absolute Gasteiger partial charge is 0.258 e. The average molecular weight is 243 g/mol. The molecule has 0 aliphatic carbocycles. The molecule has 0 spiro atoms. The lowest BCUT2D eigenvalue weighted by Crippen LogP contribution is -2.28. The molecule has 0 bridgehead atoms. The Bertz CT molecular complexity index is 626. The molecule has 0 atom stereocenters. The van der Waals surface area contributed by atoms with Crippen molar-refractivity contribution < 1.29 is 0 Å². The average Bonchev–Trinajstić information content (AvgIpc) is 2.41. The molecule has 4 heteroatoms. The number of nitrogens with one attached hydrogen (secondary N) is 2. The number of rotatable bonds is 1. The third-order valence-electron chi connectivity index (χ3n) is 3.68. The van der Waals surface area contributed by atoms with Gasteiger partial charge in [-0.05, 0) is 44.5 Å². The summed E-state index contributed by atoms with van der Waals surface area (Å²) < 4.78 is 0. The zero-order chi connectivity index (χ0) is 12.5. The van der Waals surface area contributed by atoms with Crippen molar-refractivity contribution in [1.82, 2.24) is 15.3 Å². The molecule has 0 amide bonds. The van der Waals surface area contributed by atoms with Gasteiger partial charge in [0.2, 0.25) is 0 Å². The van der Waals surface area contributed by atoms with Crippen molar-refractivity contribution in [2.45, 2.75) is 25.7 Å². The summed E-state index contributed by atoms with van der Waals surface area (Å²) >= 11 is 0. The van der Waals surface area contributed by atoms with E-state index in [9.17, 15) is 4.79 Å². The number of hydrogen-bond acceptors (Lipinski definition) is 3. The molecular weight excluding hydrogens is 226 g/mol. The number of aromatic amines is 1. The van der Waals surface area contributed by atoms with Crippen LogP contribution in [-0.2, 0) is 0 Å². The monoisotopic (exact) mass is 243 g/mol. The van der Waals surface area contributed by atoms with Crippen LogP contribution in [0.25, 0.3) is 10.9 Å². The van der Waals surface area contributed by atoms with Crippen LogP contribution >= 0.6 is 0 Å². The molecule has 0 unspecified atom stereocenters. The van der Waals surface area contributed by atoms with Crippen molar-refractivity contribution in [3.63, 3.8) is 0 Å². The molecule has 2 heterocycles. The Kier molecular flexibility index (Phi) is 2.88. The van der Waals surface area contributed by atoms with E-state index in [-0.39, 0.29) is 5.56 Å². The first-order chi connectivity index (χ1) is 8.75. The molecule has 4 nitrogen and oxygen atoms in total. The Morgan fingerprint density at radius 2 is 2.06 bits per heavy atom. The fourth-order valence-corrected chi connectivity index (χ4v) is 2.61. The standard InChI is InChI=1S/C14H17N3O/c1-9-3-2-4-11-12(9)16-13(17-14(11)18)10-5-7-15-8-6-10/h2-4,10,15H,5-8H2,1H3,(H,16,17,18). The Hall–Kier alpha value is -1.68. The highest BCUT2D eigenvalue weighted by Gasteiger charge is 2.18. The number of hydrogen-bond donors (Lipinski definition) is 2. The predicted octanol–water partition coefficient (Wildman–Crippen LogP) is 1.70. The minimum Gasteiger partial charge on any atom is -0.317 e. The van der Waals surface area contributed by atoms with E-state index in [0.717, 1.165) is 42.8 Å². The van der Waals surface area contributed by atoms with Gasteiger partial charge in [0.05, 0.1) is 10.9 Å². The number of H-pyrrole nitrogens is 1. The van der Waals surface area contributed by atoms with E-state index in [1.165, 1.54) is 0 Å². The lowest BCUT2D eigenvalue weighted by molar-refractivity contribution is 0.445. The highest BCUT2D eigenvalue weighted by atomic mass is 16.1. The van der Waals surface area contributed by atoms with Crippen LogP contribution in [0.15, 0.2) is 23.0 Å². The van der Waals surface area contributed by atoms with Crippen LogP contribution in [0.4, 0.5) is 0 Å². The van der Waals surface area contributed by atoms with Crippen LogP contribution in [-0.4, -0.2) is 23.1 Å². The van der Waals surface area contributed by atoms with Crippen molar-refractivity contribution >= 4 is 10.9 Å². The van der Waals surface area contributed by atoms with Crippen molar-refractivity contribution in [1.29, 1.82) is 0 Å². The lowest BCUT2D eigenvalue weighted by Gasteiger charge is -2.21. The summed E-state index contributed by atoms with van der Waals surface area (Å²) in [5.74, 6) is 1.23. The van der Waals surface area contributed by atoms with Crippen LogP contribution < -0.4 is 10.9 Å². The summed E-state index contributed by atoms with van der Waals surface area (Å²) in [6.07, 6.45) is 2.08. The van der Waals surface area contributed by atoms with Crippen LogP contribution in [0.3, 0.4) is 0 Å². The van der Waals surface area contributed by atoms with E-state index >= 15 is 0 Å². The highest BCUT2D eigenvalue weighted by Crippen LogP contribution is 2.23. The number of fused-ring (bicyclic) bond motifs is 1. The maximum Gasteiger partial charge on any atom is 0.258 e. The lowest BCUT2D eigenvalue weighted by atomic mass is 9.97. The molecule has 2 aromatic rings. The Labute approximate surface area is 105 Å². The van der Waals surface area contributed by atoms with Gasteiger partial charge in [-0.15, -0.1) is 0 Å². The zero-order valence-corrected chi connectivity index (χ0v) is 10.5. The predicted molar refractivity (Wildman–Crippen MR) is 71.9 cm³/mol. The Balaban J connectivity index is 2.14. The zero-order valence-electron chi connectivity index (χ0n) is 10.5. The number of piperidine rings is 1. The first-order valence-electron chi connectivity index (χ1n) is 6.46. The van der Waals surface area contributed by atoms with E-state index in [1.807, 2.05) is 25.1 Å². The first-order valence-corrected chi connectivity index (χ1v) is 6.46. The number of aromatic nitrogens is 2. The minimum absolute atomic E-state index is 0.0165. The van der Waals surface area contributed by atoms with E-state index in [4.69, 9.17) is 0 Å². The molecule has 94 valence electrons. The van der Waals surface area contributed by atoms with Gasteiger partial charge in [0.25, 0.3) is 5.56 Å². The van der Waals surface area contributed by atoms with Crippen LogP contribution in [0.1, 0.15) is 30.1 Å². The number of benzene rings is 1. The molecule has 2 N–H and O–H groups in total. The molecule has 0 saturated carbocycles. The summed E-state index contributed by atoms with van der Waals surface area (Å²) in [7, 11) is 0. The summed E-state index contributed by atoms with van der Waals surface area (Å²) in [5, 5.41) is 4.02. The third kappa shape index (κ3) is 1.93. The second-order valence-electron chi connectivity index (χ2n) is 4.95. The number of nitrogens with zero attached hydrogens (tertiary/aromatic N) is 1. The van der Waals surface area contributed by atoms with Gasteiger partial charge in [0.15, 0.2) is 0 Å². The fourth-order valence-electron chi connectivity index (χ4n) is 2.61. The summed E-state index contributed by atoms with van der Waals surface area (Å²) in [6, 6.07) is 5.74. The molecule has 1 aromatic carbocycles. The van der Waals surface area contributed by atoms with Gasteiger partial charge in [-0.3, -0.25) is 4.79 Å². The van der Waals surface area contributed by atoms with Crippen LogP contribution in [0.2, 0.25) is 0 Å². The SMILES string of the molecule is Cc1cccc2c(=O)[nH]c(C3CCNCC3)nc12.